The summed E-state index contributed by atoms with van der Waals surface area (Å²) in [6.07, 6.45) is 1.21. The van der Waals surface area contributed by atoms with E-state index in [0.29, 0.717) is 51.4 Å². The topological polar surface area (TPSA) is 70.2 Å². The molecule has 1 unspecified atom stereocenters. The Balaban J connectivity index is 1.44. The highest BCUT2D eigenvalue weighted by atomic mass is 16.5. The van der Waals surface area contributed by atoms with Crippen LogP contribution in [0, 0.1) is 5.92 Å². The van der Waals surface area contributed by atoms with E-state index >= 15 is 0 Å². The zero-order chi connectivity index (χ0) is 19.2. The molecule has 2 fully saturated rings. The number of ether oxygens (including phenoxy) is 1. The van der Waals surface area contributed by atoms with Gasteiger partial charge in [0.25, 0.3) is 5.91 Å². The van der Waals surface area contributed by atoms with Gasteiger partial charge in [0.05, 0.1) is 5.92 Å². The first-order valence-corrected chi connectivity index (χ1v) is 9.60. The van der Waals surface area contributed by atoms with Gasteiger partial charge in [0.15, 0.2) is 6.61 Å². The number of piperazine rings is 1. The van der Waals surface area contributed by atoms with Gasteiger partial charge in [-0.2, -0.15) is 0 Å². The molecule has 2 saturated heterocycles. The molecular formula is C20H27N3O4. The summed E-state index contributed by atoms with van der Waals surface area (Å²) in [7, 11) is 0. The van der Waals surface area contributed by atoms with Gasteiger partial charge in [-0.1, -0.05) is 25.1 Å². The molecule has 2 aliphatic heterocycles. The highest BCUT2D eigenvalue weighted by molar-refractivity contribution is 5.89. The lowest BCUT2D eigenvalue weighted by Gasteiger charge is -2.35. The summed E-state index contributed by atoms with van der Waals surface area (Å²) in [6.45, 7) is 5.29. The van der Waals surface area contributed by atoms with E-state index in [1.807, 2.05) is 37.3 Å². The van der Waals surface area contributed by atoms with Crippen LogP contribution in [-0.2, 0) is 14.4 Å². The minimum Gasteiger partial charge on any atom is -0.484 e. The molecule has 0 aromatic heterocycles. The summed E-state index contributed by atoms with van der Waals surface area (Å²) < 4.78 is 5.51. The summed E-state index contributed by atoms with van der Waals surface area (Å²) in [6, 6.07) is 9.24. The van der Waals surface area contributed by atoms with Gasteiger partial charge in [-0.25, -0.2) is 0 Å². The Bertz CT molecular complexity index is 671. The third kappa shape index (κ3) is 4.78. The largest absolute Gasteiger partial charge is 0.484 e. The Labute approximate surface area is 159 Å². The van der Waals surface area contributed by atoms with Crippen LogP contribution in [0.2, 0.25) is 0 Å². The number of hydrogen-bond acceptors (Lipinski definition) is 4. The van der Waals surface area contributed by atoms with E-state index in [1.54, 1.807) is 14.7 Å². The second-order valence-corrected chi connectivity index (χ2v) is 7.05. The highest BCUT2D eigenvalue weighted by Crippen LogP contribution is 2.21. The van der Waals surface area contributed by atoms with Gasteiger partial charge >= 0.3 is 0 Å². The molecule has 0 bridgehead atoms. The van der Waals surface area contributed by atoms with Crippen LogP contribution in [0.4, 0.5) is 0 Å². The molecule has 2 aliphatic rings. The molecule has 3 amide bonds. The van der Waals surface area contributed by atoms with Crippen molar-refractivity contribution in [3.63, 3.8) is 0 Å². The summed E-state index contributed by atoms with van der Waals surface area (Å²) in [5, 5.41) is 0. The average Bonchev–Trinajstić information content (AvgIpc) is 3.07. The van der Waals surface area contributed by atoms with E-state index in [0.717, 1.165) is 6.42 Å². The van der Waals surface area contributed by atoms with Crippen molar-refractivity contribution in [3.05, 3.63) is 30.3 Å². The number of rotatable bonds is 6. The maximum absolute atomic E-state index is 12.7. The maximum atomic E-state index is 12.7. The fraction of sp³-hybridized carbons (Fsp3) is 0.550. The van der Waals surface area contributed by atoms with E-state index in [2.05, 4.69) is 0 Å². The highest BCUT2D eigenvalue weighted by Gasteiger charge is 2.37. The van der Waals surface area contributed by atoms with E-state index in [-0.39, 0.29) is 30.2 Å². The first kappa shape index (κ1) is 19.2. The zero-order valence-corrected chi connectivity index (χ0v) is 15.8. The molecule has 0 N–H and O–H groups in total. The van der Waals surface area contributed by atoms with Crippen LogP contribution in [0.1, 0.15) is 19.8 Å². The van der Waals surface area contributed by atoms with Gasteiger partial charge in [0.2, 0.25) is 11.8 Å². The monoisotopic (exact) mass is 373 g/mol. The Kier molecular flexibility index (Phi) is 6.32. The van der Waals surface area contributed by atoms with Gasteiger partial charge in [-0.15, -0.1) is 0 Å². The van der Waals surface area contributed by atoms with Crippen molar-refractivity contribution in [3.8, 4) is 5.75 Å². The van der Waals surface area contributed by atoms with Crippen LogP contribution in [-0.4, -0.2) is 78.3 Å². The minimum absolute atomic E-state index is 0.00106. The Morgan fingerprint density at radius 1 is 1.07 bits per heavy atom. The average molecular weight is 373 g/mol. The molecule has 1 aromatic rings. The smallest absolute Gasteiger partial charge is 0.260 e. The fourth-order valence-corrected chi connectivity index (χ4v) is 3.61. The first-order valence-electron chi connectivity index (χ1n) is 9.60. The number of amides is 3. The lowest BCUT2D eigenvalue weighted by molar-refractivity contribution is -0.142. The fourth-order valence-electron chi connectivity index (χ4n) is 3.61. The van der Waals surface area contributed by atoms with Crippen molar-refractivity contribution in [2.24, 2.45) is 5.92 Å². The number of carbonyl (C=O) groups excluding carboxylic acids is 3. The number of nitrogens with zero attached hydrogens (tertiary/aromatic N) is 3. The molecule has 146 valence electrons. The molecular weight excluding hydrogens is 346 g/mol. The van der Waals surface area contributed by atoms with Crippen LogP contribution in [0.3, 0.4) is 0 Å². The van der Waals surface area contributed by atoms with Gasteiger partial charge in [-0.3, -0.25) is 14.4 Å². The van der Waals surface area contributed by atoms with Crippen LogP contribution < -0.4 is 4.74 Å². The molecule has 1 atom stereocenters. The number of benzene rings is 1. The number of para-hydroxylation sites is 1. The Hall–Kier alpha value is -2.57. The van der Waals surface area contributed by atoms with Gasteiger partial charge in [0, 0.05) is 45.7 Å². The van der Waals surface area contributed by atoms with Gasteiger partial charge in [0.1, 0.15) is 5.75 Å². The van der Waals surface area contributed by atoms with Crippen molar-refractivity contribution in [2.75, 3.05) is 45.9 Å². The van der Waals surface area contributed by atoms with E-state index in [9.17, 15) is 14.4 Å². The second-order valence-electron chi connectivity index (χ2n) is 7.05. The number of hydrogen-bond donors (Lipinski definition) is 0. The predicted octanol–water partition coefficient (Wildman–Crippen LogP) is 0.995. The van der Waals surface area contributed by atoms with Gasteiger partial charge < -0.3 is 19.4 Å². The van der Waals surface area contributed by atoms with Crippen LogP contribution in [0.15, 0.2) is 30.3 Å². The minimum atomic E-state index is -0.243. The van der Waals surface area contributed by atoms with Crippen LogP contribution >= 0.6 is 0 Å². The number of carbonyl (C=O) groups is 3. The maximum Gasteiger partial charge on any atom is 0.260 e. The summed E-state index contributed by atoms with van der Waals surface area (Å²) in [4.78, 5) is 42.3. The summed E-state index contributed by atoms with van der Waals surface area (Å²) in [5.41, 5.74) is 0. The van der Waals surface area contributed by atoms with Crippen molar-refractivity contribution >= 4 is 17.7 Å². The summed E-state index contributed by atoms with van der Waals surface area (Å²) in [5.74, 6) is 0.461. The standard InChI is InChI=1S/C20H27N3O4/c1-2-8-23-14-16(13-18(23)24)20(26)22-11-9-21(10-12-22)19(25)15-27-17-6-4-3-5-7-17/h3-7,16H,2,8-15H2,1H3. The lowest BCUT2D eigenvalue weighted by Crippen LogP contribution is -2.53. The van der Waals surface area contributed by atoms with E-state index in [1.165, 1.54) is 0 Å². The van der Waals surface area contributed by atoms with Crippen molar-refractivity contribution in [1.29, 1.82) is 0 Å². The van der Waals surface area contributed by atoms with Crippen molar-refractivity contribution < 1.29 is 19.1 Å². The molecule has 1 aromatic carbocycles. The third-order valence-electron chi connectivity index (χ3n) is 5.11. The van der Waals surface area contributed by atoms with E-state index in [4.69, 9.17) is 4.74 Å². The first-order chi connectivity index (χ1) is 13.1. The lowest BCUT2D eigenvalue weighted by atomic mass is 10.1. The zero-order valence-electron chi connectivity index (χ0n) is 15.8. The second kappa shape index (κ2) is 8.88. The molecule has 27 heavy (non-hydrogen) atoms. The van der Waals surface area contributed by atoms with Crippen molar-refractivity contribution in [1.82, 2.24) is 14.7 Å². The van der Waals surface area contributed by atoms with Gasteiger partial charge in [-0.05, 0) is 18.6 Å². The molecule has 0 aliphatic carbocycles. The SMILES string of the molecule is CCCN1CC(C(=O)N2CCN(C(=O)COc3ccccc3)CC2)CC1=O. The van der Waals surface area contributed by atoms with Crippen molar-refractivity contribution in [2.45, 2.75) is 19.8 Å². The molecule has 7 nitrogen and oxygen atoms in total. The Morgan fingerprint density at radius 3 is 2.41 bits per heavy atom. The molecule has 0 radical (unpaired) electrons. The molecule has 0 spiro atoms. The third-order valence-corrected chi connectivity index (χ3v) is 5.11. The predicted molar refractivity (Wildman–Crippen MR) is 100 cm³/mol. The molecule has 7 heteroatoms. The quantitative estimate of drug-likeness (QED) is 0.746. The number of likely N-dealkylation sites (tertiary alicyclic amines) is 1. The Morgan fingerprint density at radius 2 is 1.74 bits per heavy atom. The summed E-state index contributed by atoms with van der Waals surface area (Å²) >= 11 is 0. The van der Waals surface area contributed by atoms with Crippen LogP contribution in [0.25, 0.3) is 0 Å². The molecule has 0 saturated carbocycles. The normalized spacial score (nSPS) is 20.1. The van der Waals surface area contributed by atoms with E-state index < -0.39 is 0 Å². The molecule has 2 heterocycles. The molecule has 3 rings (SSSR count). The van der Waals surface area contributed by atoms with Crippen LogP contribution in [0.5, 0.6) is 5.75 Å².